The molecule has 1 aromatic heterocycles. The molecule has 2 rings (SSSR count). The molecule has 0 radical (unpaired) electrons. The lowest BCUT2D eigenvalue weighted by molar-refractivity contribution is 0.419. The molecule has 2 aromatic rings. The summed E-state index contributed by atoms with van der Waals surface area (Å²) < 4.78 is 5.39. The van der Waals surface area contributed by atoms with E-state index in [2.05, 4.69) is 9.97 Å². The molecule has 0 aliphatic rings. The van der Waals surface area contributed by atoms with Gasteiger partial charge < -0.3 is 9.72 Å². The van der Waals surface area contributed by atoms with Crippen LogP contribution in [0.5, 0.6) is 5.75 Å². The minimum atomic E-state index is -0.235. The molecule has 0 unspecified atom stereocenters. The molecule has 2 N–H and O–H groups in total. The van der Waals surface area contributed by atoms with Crippen molar-refractivity contribution in [3.05, 3.63) is 33.3 Å². The number of ether oxygens (including phenoxy) is 1. The Balaban J connectivity index is 3.02. The van der Waals surface area contributed by atoms with Gasteiger partial charge in [0.25, 0.3) is 5.56 Å². The third-order valence-corrected chi connectivity index (χ3v) is 2.15. The fourth-order valence-corrected chi connectivity index (χ4v) is 1.56. The Morgan fingerprint density at radius 3 is 2.86 bits per heavy atom. The van der Waals surface area contributed by atoms with E-state index in [0.29, 0.717) is 21.4 Å². The Morgan fingerprint density at radius 2 is 2.14 bits per heavy atom. The van der Waals surface area contributed by atoms with Gasteiger partial charge >= 0.3 is 0 Å². The fraction of sp³-hybridized carbons (Fsp3) is 0.111. The average molecular weight is 208 g/mol. The molecule has 1 heterocycles. The van der Waals surface area contributed by atoms with Crippen LogP contribution in [0.3, 0.4) is 0 Å². The predicted octanol–water partition coefficient (Wildman–Crippen LogP) is 1.59. The average Bonchev–Trinajstić information content (AvgIpc) is 2.16. The van der Waals surface area contributed by atoms with Gasteiger partial charge in [0.05, 0.1) is 12.6 Å². The quantitative estimate of drug-likeness (QED) is 0.700. The second kappa shape index (κ2) is 3.26. The van der Waals surface area contributed by atoms with E-state index in [4.69, 9.17) is 17.0 Å². The first-order chi connectivity index (χ1) is 6.72. The van der Waals surface area contributed by atoms with Gasteiger partial charge in [0.15, 0.2) is 4.77 Å². The van der Waals surface area contributed by atoms with Crippen LogP contribution < -0.4 is 10.3 Å². The number of benzene rings is 1. The number of H-pyrrole nitrogens is 2. The van der Waals surface area contributed by atoms with Crippen molar-refractivity contribution in [1.82, 2.24) is 9.97 Å². The van der Waals surface area contributed by atoms with Gasteiger partial charge in [-0.15, -0.1) is 0 Å². The molecule has 72 valence electrons. The molecular formula is C9H8N2O2S. The van der Waals surface area contributed by atoms with E-state index in [1.165, 1.54) is 7.11 Å². The van der Waals surface area contributed by atoms with Crippen LogP contribution in [0, 0.1) is 4.77 Å². The monoisotopic (exact) mass is 208 g/mol. The Hall–Kier alpha value is -1.62. The Morgan fingerprint density at radius 1 is 1.36 bits per heavy atom. The van der Waals surface area contributed by atoms with Crippen LogP contribution in [-0.2, 0) is 0 Å². The van der Waals surface area contributed by atoms with Gasteiger partial charge in [-0.05, 0) is 24.4 Å². The minimum Gasteiger partial charge on any atom is -0.496 e. The van der Waals surface area contributed by atoms with E-state index < -0.39 is 0 Å². The van der Waals surface area contributed by atoms with Gasteiger partial charge in [0, 0.05) is 0 Å². The zero-order valence-corrected chi connectivity index (χ0v) is 8.27. The van der Waals surface area contributed by atoms with Crippen molar-refractivity contribution in [1.29, 1.82) is 0 Å². The summed E-state index contributed by atoms with van der Waals surface area (Å²) in [6.45, 7) is 0. The van der Waals surface area contributed by atoms with Crippen LogP contribution >= 0.6 is 12.2 Å². The lowest BCUT2D eigenvalue weighted by Crippen LogP contribution is -2.08. The molecule has 0 bridgehead atoms. The molecule has 0 fully saturated rings. The predicted molar refractivity (Wildman–Crippen MR) is 56.3 cm³/mol. The van der Waals surface area contributed by atoms with Gasteiger partial charge in [-0.25, -0.2) is 0 Å². The number of fused-ring (bicyclic) bond motifs is 1. The largest absolute Gasteiger partial charge is 0.496 e. The zero-order valence-electron chi connectivity index (χ0n) is 7.46. The molecule has 0 amide bonds. The molecule has 0 atom stereocenters. The maximum absolute atomic E-state index is 11.6. The highest BCUT2D eigenvalue weighted by atomic mass is 32.1. The van der Waals surface area contributed by atoms with Crippen molar-refractivity contribution in [3.8, 4) is 5.75 Å². The van der Waals surface area contributed by atoms with Crippen LogP contribution in [0.2, 0.25) is 0 Å². The number of hydrogen-bond acceptors (Lipinski definition) is 3. The van der Waals surface area contributed by atoms with Crippen LogP contribution in [0.4, 0.5) is 0 Å². The molecule has 14 heavy (non-hydrogen) atoms. The standard InChI is InChI=1S/C9H8N2O2S/c1-13-6-4-2-3-5-7(6)8(12)11-9(14)10-5/h2-4H,1H3,(H2,10,11,12,14). The normalized spacial score (nSPS) is 10.4. The van der Waals surface area contributed by atoms with E-state index in [1.807, 2.05) is 0 Å². The van der Waals surface area contributed by atoms with Crippen LogP contribution in [-0.4, -0.2) is 17.1 Å². The van der Waals surface area contributed by atoms with Crippen molar-refractivity contribution >= 4 is 23.1 Å². The van der Waals surface area contributed by atoms with E-state index in [1.54, 1.807) is 18.2 Å². The maximum atomic E-state index is 11.6. The highest BCUT2D eigenvalue weighted by molar-refractivity contribution is 7.71. The summed E-state index contributed by atoms with van der Waals surface area (Å²) in [5.74, 6) is 0.537. The Labute approximate surface area is 84.6 Å². The van der Waals surface area contributed by atoms with Gasteiger partial charge in [-0.3, -0.25) is 9.78 Å². The summed E-state index contributed by atoms with van der Waals surface area (Å²) in [5, 5.41) is 0.489. The second-order valence-electron chi connectivity index (χ2n) is 2.79. The molecule has 1 aromatic carbocycles. The molecule has 0 aliphatic carbocycles. The van der Waals surface area contributed by atoms with Gasteiger partial charge in [0.2, 0.25) is 0 Å². The van der Waals surface area contributed by atoms with Crippen LogP contribution in [0.15, 0.2) is 23.0 Å². The summed E-state index contributed by atoms with van der Waals surface area (Å²) in [5.41, 5.74) is 0.444. The zero-order chi connectivity index (χ0) is 10.1. The number of aromatic nitrogens is 2. The molecule has 0 spiro atoms. The number of rotatable bonds is 1. The molecule has 0 saturated heterocycles. The molecule has 0 aliphatic heterocycles. The molecule has 0 saturated carbocycles. The fourth-order valence-electron chi connectivity index (χ4n) is 1.36. The van der Waals surface area contributed by atoms with Gasteiger partial charge in [0.1, 0.15) is 11.1 Å². The third kappa shape index (κ3) is 1.31. The van der Waals surface area contributed by atoms with Crippen molar-refractivity contribution in [3.63, 3.8) is 0 Å². The van der Waals surface area contributed by atoms with Gasteiger partial charge in [-0.2, -0.15) is 0 Å². The summed E-state index contributed by atoms with van der Waals surface area (Å²) in [6.07, 6.45) is 0. The Kier molecular flexibility index (Phi) is 2.09. The summed E-state index contributed by atoms with van der Waals surface area (Å²) in [6, 6.07) is 5.31. The molecular weight excluding hydrogens is 200 g/mol. The number of hydrogen-bond donors (Lipinski definition) is 2. The minimum absolute atomic E-state index is 0.235. The number of nitrogens with one attached hydrogen (secondary N) is 2. The molecule has 4 nitrogen and oxygen atoms in total. The third-order valence-electron chi connectivity index (χ3n) is 1.95. The summed E-state index contributed by atoms with van der Waals surface area (Å²) in [7, 11) is 1.52. The lowest BCUT2D eigenvalue weighted by atomic mass is 10.2. The number of methoxy groups -OCH3 is 1. The summed E-state index contributed by atoms with van der Waals surface area (Å²) >= 11 is 4.85. The van der Waals surface area contributed by atoms with Crippen molar-refractivity contribution in [2.45, 2.75) is 0 Å². The van der Waals surface area contributed by atoms with Crippen molar-refractivity contribution in [2.75, 3.05) is 7.11 Å². The SMILES string of the molecule is COc1cccc2[nH]c(=S)[nH]c(=O)c12. The topological polar surface area (TPSA) is 57.9 Å². The highest BCUT2D eigenvalue weighted by Crippen LogP contribution is 2.19. The van der Waals surface area contributed by atoms with E-state index in [0.717, 1.165) is 0 Å². The van der Waals surface area contributed by atoms with Crippen LogP contribution in [0.1, 0.15) is 0 Å². The number of aromatic amines is 2. The lowest BCUT2D eigenvalue weighted by Gasteiger charge is -2.03. The Bertz CT molecular complexity index is 585. The highest BCUT2D eigenvalue weighted by Gasteiger charge is 2.04. The first-order valence-corrected chi connectivity index (χ1v) is 4.42. The maximum Gasteiger partial charge on any atom is 0.263 e. The van der Waals surface area contributed by atoms with Crippen molar-refractivity contribution < 1.29 is 4.74 Å². The first kappa shape index (κ1) is 8.96. The first-order valence-electron chi connectivity index (χ1n) is 4.01. The van der Waals surface area contributed by atoms with Gasteiger partial charge in [-0.1, -0.05) is 6.07 Å². The summed E-state index contributed by atoms with van der Waals surface area (Å²) in [4.78, 5) is 17.0. The van der Waals surface area contributed by atoms with Crippen molar-refractivity contribution in [2.24, 2.45) is 0 Å². The van der Waals surface area contributed by atoms with E-state index in [9.17, 15) is 4.79 Å². The van der Waals surface area contributed by atoms with Crippen LogP contribution in [0.25, 0.3) is 10.9 Å². The smallest absolute Gasteiger partial charge is 0.263 e. The van der Waals surface area contributed by atoms with E-state index >= 15 is 0 Å². The van der Waals surface area contributed by atoms with E-state index in [-0.39, 0.29) is 5.56 Å². The molecule has 5 heteroatoms. The second-order valence-corrected chi connectivity index (χ2v) is 3.20.